The van der Waals surface area contributed by atoms with Crippen LogP contribution in [0.25, 0.3) is 0 Å². The molecule has 20 heavy (non-hydrogen) atoms. The van der Waals surface area contributed by atoms with E-state index in [2.05, 4.69) is 29.0 Å². The molecule has 0 aromatic heterocycles. The highest BCUT2D eigenvalue weighted by molar-refractivity contribution is 4.87. The Morgan fingerprint density at radius 2 is 1.55 bits per heavy atom. The van der Waals surface area contributed by atoms with E-state index in [-0.39, 0.29) is 0 Å². The average Bonchev–Trinajstić information content (AvgIpc) is 3.24. The lowest BCUT2D eigenvalue weighted by Crippen LogP contribution is -2.52. The second kappa shape index (κ2) is 6.76. The molecule has 2 aliphatic carbocycles. The van der Waals surface area contributed by atoms with Gasteiger partial charge in [0.25, 0.3) is 0 Å². The molecular weight excluding hydrogens is 246 g/mol. The third-order valence-corrected chi connectivity index (χ3v) is 5.40. The molecule has 3 rings (SSSR count). The van der Waals surface area contributed by atoms with Crippen LogP contribution in [0.1, 0.15) is 52.4 Å². The van der Waals surface area contributed by atoms with Crippen LogP contribution in [-0.2, 0) is 0 Å². The first-order valence-corrected chi connectivity index (χ1v) is 8.93. The third kappa shape index (κ3) is 4.19. The molecule has 1 N–H and O–H groups in total. The van der Waals surface area contributed by atoms with E-state index in [4.69, 9.17) is 0 Å². The van der Waals surface area contributed by atoms with Crippen LogP contribution in [0.3, 0.4) is 0 Å². The lowest BCUT2D eigenvalue weighted by atomic mass is 9.89. The number of hydrogen-bond acceptors (Lipinski definition) is 3. The molecule has 3 aliphatic rings. The van der Waals surface area contributed by atoms with Crippen LogP contribution >= 0.6 is 0 Å². The van der Waals surface area contributed by atoms with Gasteiger partial charge in [-0.2, -0.15) is 0 Å². The Balaban J connectivity index is 1.36. The Bertz CT molecular complexity index is 263. The van der Waals surface area contributed by atoms with Crippen LogP contribution in [0.15, 0.2) is 0 Å². The summed E-state index contributed by atoms with van der Waals surface area (Å²) in [5.41, 5.74) is 0. The standard InChI is InChI=1S/C17H33N3/c1-14(2)18-16-5-7-17(8-6-16)20-11-9-19(10-12-20)13-15-3-4-15/h14-18H,3-13H2,1-2H3. The van der Waals surface area contributed by atoms with Crippen molar-refractivity contribution in [3.8, 4) is 0 Å². The molecule has 0 amide bonds. The van der Waals surface area contributed by atoms with Crippen molar-refractivity contribution in [3.05, 3.63) is 0 Å². The van der Waals surface area contributed by atoms with Crippen molar-refractivity contribution >= 4 is 0 Å². The quantitative estimate of drug-likeness (QED) is 0.833. The van der Waals surface area contributed by atoms with Gasteiger partial charge in [0.2, 0.25) is 0 Å². The van der Waals surface area contributed by atoms with Gasteiger partial charge in [-0.15, -0.1) is 0 Å². The Kier molecular flexibility index (Phi) is 5.00. The van der Waals surface area contributed by atoms with E-state index in [1.807, 2.05) is 0 Å². The summed E-state index contributed by atoms with van der Waals surface area (Å²) >= 11 is 0. The van der Waals surface area contributed by atoms with E-state index in [0.29, 0.717) is 6.04 Å². The third-order valence-electron chi connectivity index (χ3n) is 5.40. The van der Waals surface area contributed by atoms with Crippen LogP contribution in [0.2, 0.25) is 0 Å². The van der Waals surface area contributed by atoms with Crippen LogP contribution in [-0.4, -0.2) is 60.6 Å². The summed E-state index contributed by atoms with van der Waals surface area (Å²) in [5.74, 6) is 1.05. The highest BCUT2D eigenvalue weighted by Crippen LogP contribution is 2.30. The van der Waals surface area contributed by atoms with Gasteiger partial charge in [0, 0.05) is 50.8 Å². The lowest BCUT2D eigenvalue weighted by molar-refractivity contribution is 0.0714. The van der Waals surface area contributed by atoms with Crippen molar-refractivity contribution < 1.29 is 0 Å². The molecule has 0 atom stereocenters. The number of hydrogen-bond donors (Lipinski definition) is 1. The van der Waals surface area contributed by atoms with Gasteiger partial charge < -0.3 is 10.2 Å². The SMILES string of the molecule is CC(C)NC1CCC(N2CCN(CC3CC3)CC2)CC1. The second-order valence-corrected chi connectivity index (χ2v) is 7.61. The minimum Gasteiger partial charge on any atom is -0.312 e. The fourth-order valence-electron chi connectivity index (χ4n) is 4.06. The van der Waals surface area contributed by atoms with Gasteiger partial charge in [-0.05, 0) is 44.4 Å². The first kappa shape index (κ1) is 14.8. The molecule has 0 bridgehead atoms. The van der Waals surface area contributed by atoms with Crippen molar-refractivity contribution in [3.63, 3.8) is 0 Å². The normalized spacial score (nSPS) is 33.8. The Morgan fingerprint density at radius 1 is 0.900 bits per heavy atom. The molecule has 1 saturated heterocycles. The lowest BCUT2D eigenvalue weighted by Gasteiger charge is -2.42. The van der Waals surface area contributed by atoms with Crippen molar-refractivity contribution in [2.24, 2.45) is 5.92 Å². The predicted octanol–water partition coefficient (Wildman–Crippen LogP) is 2.32. The van der Waals surface area contributed by atoms with E-state index < -0.39 is 0 Å². The number of nitrogens with zero attached hydrogens (tertiary/aromatic N) is 2. The molecule has 0 aromatic carbocycles. The molecule has 3 nitrogen and oxygen atoms in total. The van der Waals surface area contributed by atoms with Crippen LogP contribution in [0, 0.1) is 5.92 Å². The van der Waals surface area contributed by atoms with Crippen molar-refractivity contribution in [1.29, 1.82) is 0 Å². The number of nitrogens with one attached hydrogen (secondary N) is 1. The van der Waals surface area contributed by atoms with E-state index in [1.54, 1.807) is 0 Å². The molecule has 3 fully saturated rings. The summed E-state index contributed by atoms with van der Waals surface area (Å²) in [5, 5.41) is 3.71. The first-order valence-electron chi connectivity index (χ1n) is 8.93. The van der Waals surface area contributed by atoms with Gasteiger partial charge >= 0.3 is 0 Å². The zero-order chi connectivity index (χ0) is 13.9. The minimum atomic E-state index is 0.641. The maximum atomic E-state index is 3.71. The molecule has 3 heteroatoms. The molecule has 116 valence electrons. The molecular formula is C17H33N3. The molecule has 1 aliphatic heterocycles. The van der Waals surface area contributed by atoms with Gasteiger partial charge in [0.15, 0.2) is 0 Å². The van der Waals surface area contributed by atoms with Crippen LogP contribution in [0.4, 0.5) is 0 Å². The minimum absolute atomic E-state index is 0.641. The Labute approximate surface area is 125 Å². The molecule has 2 saturated carbocycles. The molecule has 0 spiro atoms. The van der Waals surface area contributed by atoms with Gasteiger partial charge in [0.05, 0.1) is 0 Å². The highest BCUT2D eigenvalue weighted by Gasteiger charge is 2.30. The topological polar surface area (TPSA) is 18.5 Å². The van der Waals surface area contributed by atoms with Gasteiger partial charge in [-0.1, -0.05) is 13.8 Å². The summed E-state index contributed by atoms with van der Waals surface area (Å²) in [6.07, 6.45) is 8.57. The maximum absolute atomic E-state index is 3.71. The zero-order valence-electron chi connectivity index (χ0n) is 13.5. The van der Waals surface area contributed by atoms with Gasteiger partial charge in [0.1, 0.15) is 0 Å². The van der Waals surface area contributed by atoms with E-state index in [9.17, 15) is 0 Å². The van der Waals surface area contributed by atoms with Gasteiger partial charge in [-0.3, -0.25) is 4.90 Å². The Hall–Kier alpha value is -0.120. The molecule has 0 aromatic rings. The van der Waals surface area contributed by atoms with Crippen LogP contribution in [0.5, 0.6) is 0 Å². The van der Waals surface area contributed by atoms with Crippen LogP contribution < -0.4 is 5.32 Å². The largest absolute Gasteiger partial charge is 0.312 e. The monoisotopic (exact) mass is 279 g/mol. The van der Waals surface area contributed by atoms with Gasteiger partial charge in [-0.25, -0.2) is 0 Å². The molecule has 0 radical (unpaired) electrons. The van der Waals surface area contributed by atoms with E-state index in [1.165, 1.54) is 71.2 Å². The van der Waals surface area contributed by atoms with Crippen molar-refractivity contribution in [1.82, 2.24) is 15.1 Å². The summed E-state index contributed by atoms with van der Waals surface area (Å²) in [6, 6.07) is 2.30. The average molecular weight is 279 g/mol. The summed E-state index contributed by atoms with van der Waals surface area (Å²) in [4.78, 5) is 5.50. The second-order valence-electron chi connectivity index (χ2n) is 7.61. The fraction of sp³-hybridized carbons (Fsp3) is 1.00. The van der Waals surface area contributed by atoms with E-state index >= 15 is 0 Å². The first-order chi connectivity index (χ1) is 9.70. The van der Waals surface area contributed by atoms with E-state index in [0.717, 1.165) is 18.0 Å². The predicted molar refractivity (Wildman–Crippen MR) is 85.1 cm³/mol. The summed E-state index contributed by atoms with van der Waals surface area (Å²) < 4.78 is 0. The molecule has 0 unspecified atom stereocenters. The fourth-order valence-corrected chi connectivity index (χ4v) is 4.06. The number of rotatable bonds is 5. The van der Waals surface area contributed by atoms with Crippen molar-refractivity contribution in [2.75, 3.05) is 32.7 Å². The Morgan fingerprint density at radius 3 is 2.10 bits per heavy atom. The highest BCUT2D eigenvalue weighted by atomic mass is 15.3. The smallest absolute Gasteiger partial charge is 0.0113 e. The molecule has 1 heterocycles. The maximum Gasteiger partial charge on any atom is 0.0113 e. The van der Waals surface area contributed by atoms with Crippen molar-refractivity contribution in [2.45, 2.75) is 70.5 Å². The summed E-state index contributed by atoms with van der Waals surface area (Å²) in [7, 11) is 0. The zero-order valence-corrected chi connectivity index (χ0v) is 13.5. The summed E-state index contributed by atoms with van der Waals surface area (Å²) in [6.45, 7) is 11.2. The number of piperazine rings is 1.